The van der Waals surface area contributed by atoms with Gasteiger partial charge in [0.1, 0.15) is 5.60 Å². The summed E-state index contributed by atoms with van der Waals surface area (Å²) in [5.74, 6) is -4.51. The fourth-order valence-electron chi connectivity index (χ4n) is 6.17. The standard InChI is InChI=1S/C23H36F2O4/c1-6-17-16-10-14-9-15(11-16)13-22(17,12-14)29-20(27)23(24,25)18(7-2)28-19(26)21(4,5)8-3/h14-18H,6-13H2,1-5H3. The molecule has 0 aromatic rings. The fraction of sp³-hybridized carbons (Fsp3) is 0.913. The van der Waals surface area contributed by atoms with Crippen molar-refractivity contribution in [2.45, 2.75) is 104 Å². The van der Waals surface area contributed by atoms with Gasteiger partial charge in [-0.1, -0.05) is 20.8 Å². The molecule has 0 amide bonds. The molecule has 4 nitrogen and oxygen atoms in total. The smallest absolute Gasteiger partial charge is 0.381 e. The van der Waals surface area contributed by atoms with Crippen LogP contribution in [0.15, 0.2) is 0 Å². The summed E-state index contributed by atoms with van der Waals surface area (Å²) in [7, 11) is 0. The lowest BCUT2D eigenvalue weighted by molar-refractivity contribution is -0.239. The maximum atomic E-state index is 15.1. The Hall–Kier alpha value is -1.20. The number of rotatable bonds is 8. The highest BCUT2D eigenvalue weighted by Gasteiger charge is 2.61. The third kappa shape index (κ3) is 3.93. The summed E-state index contributed by atoms with van der Waals surface area (Å²) >= 11 is 0. The lowest BCUT2D eigenvalue weighted by atomic mass is 9.49. The number of hydrogen-bond acceptors (Lipinski definition) is 4. The summed E-state index contributed by atoms with van der Waals surface area (Å²) in [6, 6.07) is 0. The van der Waals surface area contributed by atoms with Gasteiger partial charge in [0.05, 0.1) is 5.41 Å². The molecule has 4 atom stereocenters. The normalized spacial score (nSPS) is 34.7. The van der Waals surface area contributed by atoms with Gasteiger partial charge in [0.15, 0.2) is 6.10 Å². The van der Waals surface area contributed by atoms with Gasteiger partial charge in [0, 0.05) is 5.92 Å². The number of ether oxygens (including phenoxy) is 2. The molecule has 6 heteroatoms. The summed E-state index contributed by atoms with van der Waals surface area (Å²) in [6.45, 7) is 8.66. The molecule has 4 unspecified atom stereocenters. The van der Waals surface area contributed by atoms with Gasteiger partial charge in [-0.3, -0.25) is 4.79 Å². The number of alkyl halides is 2. The highest BCUT2D eigenvalue weighted by molar-refractivity contribution is 5.81. The van der Waals surface area contributed by atoms with Crippen LogP contribution < -0.4 is 0 Å². The molecule has 0 aromatic heterocycles. The minimum Gasteiger partial charge on any atom is -0.455 e. The molecule has 166 valence electrons. The molecule has 0 spiro atoms. The van der Waals surface area contributed by atoms with Gasteiger partial charge >= 0.3 is 17.9 Å². The second kappa shape index (κ2) is 7.81. The molecule has 0 aromatic carbocycles. The Bertz CT molecular complexity index is 631. The molecule has 0 N–H and O–H groups in total. The Morgan fingerprint density at radius 1 is 1.03 bits per heavy atom. The van der Waals surface area contributed by atoms with Gasteiger partial charge < -0.3 is 9.47 Å². The van der Waals surface area contributed by atoms with Gasteiger partial charge in [0.2, 0.25) is 0 Å². The number of hydrogen-bond donors (Lipinski definition) is 0. The van der Waals surface area contributed by atoms with E-state index in [4.69, 9.17) is 9.47 Å². The molecule has 4 aliphatic carbocycles. The molecular formula is C23H36F2O4. The van der Waals surface area contributed by atoms with Crippen LogP contribution in [0.25, 0.3) is 0 Å². The van der Waals surface area contributed by atoms with Crippen molar-refractivity contribution in [1.82, 2.24) is 0 Å². The average molecular weight is 415 g/mol. The molecule has 0 heterocycles. The zero-order valence-corrected chi connectivity index (χ0v) is 18.4. The highest BCUT2D eigenvalue weighted by atomic mass is 19.3. The number of carbonyl (C=O) groups is 2. The van der Waals surface area contributed by atoms with E-state index >= 15 is 8.78 Å². The molecule has 29 heavy (non-hydrogen) atoms. The Balaban J connectivity index is 1.76. The van der Waals surface area contributed by atoms with Crippen LogP contribution in [0.2, 0.25) is 0 Å². The predicted octanol–water partition coefficient (Wildman–Crippen LogP) is 5.53. The first-order valence-electron chi connectivity index (χ1n) is 11.3. The minimum atomic E-state index is -3.85. The van der Waals surface area contributed by atoms with Gasteiger partial charge in [-0.15, -0.1) is 0 Å². The van der Waals surface area contributed by atoms with Crippen molar-refractivity contribution in [1.29, 1.82) is 0 Å². The van der Waals surface area contributed by atoms with Crippen molar-refractivity contribution in [2.24, 2.45) is 29.1 Å². The summed E-state index contributed by atoms with van der Waals surface area (Å²) < 4.78 is 41.0. The lowest BCUT2D eigenvalue weighted by Gasteiger charge is -2.60. The topological polar surface area (TPSA) is 52.6 Å². The van der Waals surface area contributed by atoms with E-state index in [1.807, 2.05) is 0 Å². The monoisotopic (exact) mass is 414 g/mol. The van der Waals surface area contributed by atoms with Crippen molar-refractivity contribution >= 4 is 11.9 Å². The van der Waals surface area contributed by atoms with Crippen molar-refractivity contribution in [2.75, 3.05) is 0 Å². The van der Waals surface area contributed by atoms with E-state index in [1.54, 1.807) is 20.8 Å². The third-order valence-corrected chi connectivity index (χ3v) is 7.92. The maximum absolute atomic E-state index is 15.1. The zero-order valence-electron chi connectivity index (χ0n) is 18.4. The summed E-state index contributed by atoms with van der Waals surface area (Å²) in [5.41, 5.74) is -1.64. The molecule has 0 saturated heterocycles. The molecule has 4 aliphatic rings. The van der Waals surface area contributed by atoms with Crippen LogP contribution in [0.3, 0.4) is 0 Å². The van der Waals surface area contributed by atoms with Crippen LogP contribution in [-0.4, -0.2) is 29.6 Å². The van der Waals surface area contributed by atoms with Crippen LogP contribution in [0, 0.1) is 29.1 Å². The van der Waals surface area contributed by atoms with Crippen LogP contribution in [0.5, 0.6) is 0 Å². The van der Waals surface area contributed by atoms with Crippen molar-refractivity contribution in [3.8, 4) is 0 Å². The summed E-state index contributed by atoms with van der Waals surface area (Å²) in [5, 5.41) is 0. The largest absolute Gasteiger partial charge is 0.455 e. The second-order valence-corrected chi connectivity index (χ2v) is 10.2. The molecule has 4 bridgehead atoms. The van der Waals surface area contributed by atoms with Gasteiger partial charge in [-0.2, -0.15) is 8.78 Å². The first-order valence-corrected chi connectivity index (χ1v) is 11.3. The highest BCUT2D eigenvalue weighted by Crippen LogP contribution is 2.61. The SMILES string of the molecule is CCC1C2CC3CC(C2)CC1(OC(=O)C(F)(F)C(CC)OC(=O)C(C)(C)CC)C3. The summed E-state index contributed by atoms with van der Waals surface area (Å²) in [6.07, 6.45) is 4.12. The third-order valence-electron chi connectivity index (χ3n) is 7.92. The van der Waals surface area contributed by atoms with E-state index in [-0.39, 0.29) is 12.3 Å². The average Bonchev–Trinajstić information content (AvgIpc) is 2.64. The van der Waals surface area contributed by atoms with Crippen LogP contribution >= 0.6 is 0 Å². The van der Waals surface area contributed by atoms with Crippen molar-refractivity contribution in [3.63, 3.8) is 0 Å². The van der Waals surface area contributed by atoms with E-state index in [2.05, 4.69) is 6.92 Å². The van der Waals surface area contributed by atoms with Gasteiger partial charge in [-0.05, 0) is 83.0 Å². The quantitative estimate of drug-likeness (QED) is 0.490. The molecule has 0 radical (unpaired) electrons. The number of halogens is 2. The Morgan fingerprint density at radius 3 is 2.10 bits per heavy atom. The molecule has 4 fully saturated rings. The molecular weight excluding hydrogens is 378 g/mol. The lowest BCUT2D eigenvalue weighted by Crippen LogP contribution is -2.61. The van der Waals surface area contributed by atoms with E-state index in [1.165, 1.54) is 6.92 Å². The predicted molar refractivity (Wildman–Crippen MR) is 105 cm³/mol. The Kier molecular flexibility index (Phi) is 6.05. The minimum absolute atomic E-state index is 0.147. The van der Waals surface area contributed by atoms with Crippen molar-refractivity contribution in [3.05, 3.63) is 0 Å². The first kappa shape index (κ1) is 22.5. The van der Waals surface area contributed by atoms with E-state index in [0.717, 1.165) is 25.7 Å². The van der Waals surface area contributed by atoms with Crippen LogP contribution in [0.4, 0.5) is 8.78 Å². The van der Waals surface area contributed by atoms with Crippen LogP contribution in [0.1, 0.15) is 86.0 Å². The Labute approximate surface area is 173 Å². The number of esters is 2. The van der Waals surface area contributed by atoms with E-state index in [0.29, 0.717) is 37.0 Å². The first-order chi connectivity index (χ1) is 13.5. The molecule has 0 aliphatic heterocycles. The van der Waals surface area contributed by atoms with Gasteiger partial charge in [-0.25, -0.2) is 4.79 Å². The van der Waals surface area contributed by atoms with Crippen LogP contribution in [-0.2, 0) is 19.1 Å². The molecule has 4 rings (SSSR count). The van der Waals surface area contributed by atoms with E-state index < -0.39 is 35.0 Å². The fourth-order valence-corrected chi connectivity index (χ4v) is 6.17. The van der Waals surface area contributed by atoms with E-state index in [9.17, 15) is 9.59 Å². The second-order valence-electron chi connectivity index (χ2n) is 10.2. The van der Waals surface area contributed by atoms with Gasteiger partial charge in [0.25, 0.3) is 0 Å². The maximum Gasteiger partial charge on any atom is 0.381 e. The van der Waals surface area contributed by atoms with Crippen molar-refractivity contribution < 1.29 is 27.8 Å². The summed E-state index contributed by atoms with van der Waals surface area (Å²) in [4.78, 5) is 25.1. The number of carbonyl (C=O) groups excluding carboxylic acids is 2. The Morgan fingerprint density at radius 2 is 1.62 bits per heavy atom. The molecule has 4 saturated carbocycles. The zero-order chi connectivity index (χ0) is 21.6.